The number of ether oxygens (including phenoxy) is 1. The largest absolute Gasteiger partial charge is 0.427 e. The molecule has 0 fully saturated rings. The topological polar surface area (TPSA) is 67.6 Å². The van der Waals surface area contributed by atoms with E-state index >= 15 is 0 Å². The van der Waals surface area contributed by atoms with Gasteiger partial charge in [-0.2, -0.15) is 0 Å². The second kappa shape index (κ2) is 5.85. The first-order chi connectivity index (χ1) is 10.2. The zero-order valence-electron chi connectivity index (χ0n) is 11.6. The van der Waals surface area contributed by atoms with Crippen LogP contribution in [0.2, 0.25) is 0 Å². The van der Waals surface area contributed by atoms with Crippen molar-refractivity contribution in [3.05, 3.63) is 59.7 Å². The Morgan fingerprint density at radius 2 is 1.81 bits per heavy atom. The number of benzene rings is 2. The van der Waals surface area contributed by atoms with Gasteiger partial charge in [0.05, 0.1) is 0 Å². The van der Waals surface area contributed by atoms with Gasteiger partial charge in [0.2, 0.25) is 0 Å². The molecule has 0 atom stereocenters. The molecule has 3 rings (SSSR count). The number of carbonyl (C=O) groups excluding carboxylic acids is 1. The van der Waals surface area contributed by atoms with Gasteiger partial charge in [-0.1, -0.05) is 24.3 Å². The third-order valence-corrected chi connectivity index (χ3v) is 3.47. The van der Waals surface area contributed by atoms with Crippen molar-refractivity contribution in [3.63, 3.8) is 0 Å². The van der Waals surface area contributed by atoms with Gasteiger partial charge in [-0.15, -0.1) is 0 Å². The van der Waals surface area contributed by atoms with Crippen molar-refractivity contribution in [2.45, 2.75) is 13.0 Å². The summed E-state index contributed by atoms with van der Waals surface area (Å²) in [5, 5.41) is 1.86. The lowest BCUT2D eigenvalue weighted by Gasteiger charge is -2.28. The van der Waals surface area contributed by atoms with Crippen LogP contribution >= 0.6 is 0 Å². The van der Waals surface area contributed by atoms with Gasteiger partial charge in [-0.05, 0) is 41.8 Å². The summed E-state index contributed by atoms with van der Waals surface area (Å²) in [6.07, 6.45) is 0.428. The number of rotatable bonds is 2. The maximum absolute atomic E-state index is 11.9. The number of hydrazine groups is 1. The molecule has 2 aromatic carbocycles. The van der Waals surface area contributed by atoms with Gasteiger partial charge >= 0.3 is 6.09 Å². The third kappa shape index (κ3) is 3.32. The van der Waals surface area contributed by atoms with Crippen LogP contribution in [0, 0.1) is 0 Å². The Bertz CT molecular complexity index is 640. The second-order valence-corrected chi connectivity index (χ2v) is 5.01. The highest BCUT2D eigenvalue weighted by atomic mass is 16.6. The summed E-state index contributed by atoms with van der Waals surface area (Å²) in [4.78, 5) is 11.9. The van der Waals surface area contributed by atoms with Crippen molar-refractivity contribution in [3.8, 4) is 5.75 Å². The fraction of sp³-hybridized carbons (Fsp3) is 0.188. The van der Waals surface area contributed by atoms with Crippen LogP contribution in [0.25, 0.3) is 0 Å². The Hall–Kier alpha value is -2.53. The zero-order valence-corrected chi connectivity index (χ0v) is 11.6. The lowest BCUT2D eigenvalue weighted by atomic mass is 10.0. The molecule has 2 aromatic rings. The molecule has 0 spiro atoms. The van der Waals surface area contributed by atoms with Crippen LogP contribution in [0.4, 0.5) is 10.5 Å². The predicted molar refractivity (Wildman–Crippen MR) is 80.6 cm³/mol. The molecule has 108 valence electrons. The SMILES string of the molecule is Nc1ccc(OC(=O)NN2CCc3ccccc3C2)cc1. The molecule has 0 bridgehead atoms. The standard InChI is InChI=1S/C16H17N3O2/c17-14-5-7-15(8-6-14)21-16(20)18-19-10-9-12-3-1-2-4-13(12)11-19/h1-8H,9-11,17H2,(H,18,20). The summed E-state index contributed by atoms with van der Waals surface area (Å²) in [5.74, 6) is 0.471. The molecular weight excluding hydrogens is 266 g/mol. The molecular formula is C16H17N3O2. The van der Waals surface area contributed by atoms with E-state index in [4.69, 9.17) is 10.5 Å². The quantitative estimate of drug-likeness (QED) is 0.830. The number of anilines is 1. The lowest BCUT2D eigenvalue weighted by molar-refractivity contribution is 0.135. The first-order valence-corrected chi connectivity index (χ1v) is 6.86. The molecule has 1 heterocycles. The number of nitrogens with one attached hydrogen (secondary N) is 1. The summed E-state index contributed by atoms with van der Waals surface area (Å²) < 4.78 is 5.21. The molecule has 1 amide bonds. The highest BCUT2D eigenvalue weighted by Crippen LogP contribution is 2.17. The molecule has 1 aliphatic heterocycles. The van der Waals surface area contributed by atoms with Crippen LogP contribution in [-0.2, 0) is 13.0 Å². The fourth-order valence-electron chi connectivity index (χ4n) is 2.39. The second-order valence-electron chi connectivity index (χ2n) is 5.01. The van der Waals surface area contributed by atoms with Crippen LogP contribution in [0.5, 0.6) is 5.75 Å². The number of hydrogen-bond acceptors (Lipinski definition) is 4. The molecule has 0 aromatic heterocycles. The van der Waals surface area contributed by atoms with Gasteiger partial charge < -0.3 is 10.5 Å². The minimum absolute atomic E-state index is 0.471. The summed E-state index contributed by atoms with van der Waals surface area (Å²) in [6.45, 7) is 1.46. The summed E-state index contributed by atoms with van der Waals surface area (Å²) >= 11 is 0. The van der Waals surface area contributed by atoms with E-state index < -0.39 is 6.09 Å². The molecule has 3 N–H and O–H groups in total. The molecule has 1 aliphatic rings. The van der Waals surface area contributed by atoms with Gasteiger partial charge in [0.1, 0.15) is 5.75 Å². The molecule has 0 aliphatic carbocycles. The Morgan fingerprint density at radius 1 is 1.10 bits per heavy atom. The maximum Gasteiger partial charge on any atom is 0.427 e. The van der Waals surface area contributed by atoms with Crippen molar-refractivity contribution >= 4 is 11.8 Å². The average Bonchev–Trinajstić information content (AvgIpc) is 2.49. The van der Waals surface area contributed by atoms with Crippen LogP contribution in [0.3, 0.4) is 0 Å². The van der Waals surface area contributed by atoms with Gasteiger partial charge in [-0.25, -0.2) is 9.80 Å². The van der Waals surface area contributed by atoms with E-state index in [1.165, 1.54) is 11.1 Å². The monoisotopic (exact) mass is 283 g/mol. The summed E-state index contributed by atoms with van der Waals surface area (Å²) in [6, 6.07) is 15.0. The number of carbonyl (C=O) groups is 1. The number of hydrogen-bond donors (Lipinski definition) is 2. The maximum atomic E-state index is 11.9. The van der Waals surface area contributed by atoms with E-state index in [9.17, 15) is 4.79 Å². The van der Waals surface area contributed by atoms with Crippen LogP contribution in [0.15, 0.2) is 48.5 Å². The normalized spacial score (nSPS) is 14.3. The fourth-order valence-corrected chi connectivity index (χ4v) is 2.39. The van der Waals surface area contributed by atoms with Crippen molar-refractivity contribution < 1.29 is 9.53 Å². The Labute approximate surface area is 123 Å². The molecule has 0 saturated heterocycles. The summed E-state index contributed by atoms with van der Waals surface area (Å²) in [7, 11) is 0. The van der Waals surface area contributed by atoms with Gasteiger partial charge in [-0.3, -0.25) is 5.43 Å². The average molecular weight is 283 g/mol. The van der Waals surface area contributed by atoms with Crippen LogP contribution < -0.4 is 15.9 Å². The molecule has 5 heteroatoms. The molecule has 0 saturated carbocycles. The van der Waals surface area contributed by atoms with Crippen LogP contribution in [0.1, 0.15) is 11.1 Å². The number of nitrogens with two attached hydrogens (primary N) is 1. The van der Waals surface area contributed by atoms with Crippen molar-refractivity contribution in [2.75, 3.05) is 12.3 Å². The Balaban J connectivity index is 1.57. The minimum Gasteiger partial charge on any atom is -0.409 e. The van der Waals surface area contributed by atoms with Crippen LogP contribution in [-0.4, -0.2) is 17.6 Å². The smallest absolute Gasteiger partial charge is 0.409 e. The number of amides is 1. The van der Waals surface area contributed by atoms with E-state index in [1.54, 1.807) is 24.3 Å². The predicted octanol–water partition coefficient (Wildman–Crippen LogP) is 2.33. The Kier molecular flexibility index (Phi) is 3.75. The molecule has 0 unspecified atom stereocenters. The Morgan fingerprint density at radius 3 is 2.57 bits per heavy atom. The first kappa shape index (κ1) is 13.5. The number of nitrogens with zero attached hydrogens (tertiary/aromatic N) is 1. The van der Waals surface area contributed by atoms with Crippen molar-refractivity contribution in [1.29, 1.82) is 0 Å². The zero-order chi connectivity index (χ0) is 14.7. The third-order valence-electron chi connectivity index (χ3n) is 3.47. The highest BCUT2D eigenvalue weighted by molar-refractivity contribution is 5.70. The first-order valence-electron chi connectivity index (χ1n) is 6.86. The highest BCUT2D eigenvalue weighted by Gasteiger charge is 2.18. The van der Waals surface area contributed by atoms with E-state index in [-0.39, 0.29) is 0 Å². The van der Waals surface area contributed by atoms with E-state index in [0.717, 1.165) is 13.0 Å². The number of nitrogen functional groups attached to an aromatic ring is 1. The van der Waals surface area contributed by atoms with E-state index in [2.05, 4.69) is 17.6 Å². The lowest BCUT2D eigenvalue weighted by Crippen LogP contribution is -2.46. The van der Waals surface area contributed by atoms with Gasteiger partial charge in [0.25, 0.3) is 0 Å². The van der Waals surface area contributed by atoms with Gasteiger partial charge in [0.15, 0.2) is 0 Å². The van der Waals surface area contributed by atoms with E-state index in [1.807, 2.05) is 17.1 Å². The molecule has 5 nitrogen and oxygen atoms in total. The summed E-state index contributed by atoms with van der Waals surface area (Å²) in [5.41, 5.74) is 11.6. The van der Waals surface area contributed by atoms with Gasteiger partial charge in [0, 0.05) is 18.8 Å². The molecule has 0 radical (unpaired) electrons. The minimum atomic E-state index is -0.487. The molecule has 21 heavy (non-hydrogen) atoms. The van der Waals surface area contributed by atoms with E-state index in [0.29, 0.717) is 18.0 Å². The van der Waals surface area contributed by atoms with Crippen molar-refractivity contribution in [1.82, 2.24) is 10.4 Å². The number of fused-ring (bicyclic) bond motifs is 1. The van der Waals surface area contributed by atoms with Crippen molar-refractivity contribution in [2.24, 2.45) is 0 Å².